The van der Waals surface area contributed by atoms with Gasteiger partial charge in [0.05, 0.1) is 6.54 Å². The second-order valence-electron chi connectivity index (χ2n) is 5.20. The lowest BCUT2D eigenvalue weighted by atomic mass is 10.2. The summed E-state index contributed by atoms with van der Waals surface area (Å²) in [6.07, 6.45) is 2.05. The van der Waals surface area contributed by atoms with Crippen molar-refractivity contribution in [3.63, 3.8) is 0 Å². The quantitative estimate of drug-likeness (QED) is 0.838. The lowest BCUT2D eigenvalue weighted by Gasteiger charge is -2.10. The third-order valence-corrected chi connectivity index (χ3v) is 3.44. The number of carbonyl (C=O) groups excluding carboxylic acids is 1. The van der Waals surface area contributed by atoms with E-state index >= 15 is 0 Å². The Labute approximate surface area is 126 Å². The molecule has 22 heavy (non-hydrogen) atoms. The van der Waals surface area contributed by atoms with Crippen molar-refractivity contribution in [2.75, 3.05) is 18.4 Å². The number of hydrogen-bond donors (Lipinski definition) is 2. The highest BCUT2D eigenvalue weighted by atomic mass is 19.1. The Morgan fingerprint density at radius 3 is 3.00 bits per heavy atom. The van der Waals surface area contributed by atoms with Gasteiger partial charge in [-0.1, -0.05) is 0 Å². The summed E-state index contributed by atoms with van der Waals surface area (Å²) < 4.78 is 15.5. The first-order valence-electron chi connectivity index (χ1n) is 7.27. The summed E-state index contributed by atoms with van der Waals surface area (Å²) in [6.45, 7) is 2.56. The van der Waals surface area contributed by atoms with Gasteiger partial charge in [0.15, 0.2) is 5.82 Å². The molecule has 3 rings (SSSR count). The number of hydrogen-bond acceptors (Lipinski definition) is 5. The van der Waals surface area contributed by atoms with Gasteiger partial charge in [-0.05, 0) is 48.4 Å². The van der Waals surface area contributed by atoms with Gasteiger partial charge < -0.3 is 10.6 Å². The van der Waals surface area contributed by atoms with E-state index in [1.54, 1.807) is 12.1 Å². The van der Waals surface area contributed by atoms with Crippen LogP contribution < -0.4 is 10.6 Å². The van der Waals surface area contributed by atoms with Crippen molar-refractivity contribution < 1.29 is 9.18 Å². The van der Waals surface area contributed by atoms with Crippen molar-refractivity contribution in [1.29, 1.82) is 0 Å². The van der Waals surface area contributed by atoms with E-state index in [0.29, 0.717) is 24.0 Å². The number of benzene rings is 1. The van der Waals surface area contributed by atoms with Crippen LogP contribution in [0.15, 0.2) is 18.2 Å². The van der Waals surface area contributed by atoms with Crippen LogP contribution in [0.3, 0.4) is 0 Å². The monoisotopic (exact) mass is 304 g/mol. The first-order chi connectivity index (χ1) is 10.7. The van der Waals surface area contributed by atoms with Crippen molar-refractivity contribution in [2.24, 2.45) is 0 Å². The molecule has 1 aromatic heterocycles. The maximum Gasteiger partial charge on any atom is 0.239 e. The van der Waals surface area contributed by atoms with E-state index in [4.69, 9.17) is 0 Å². The average Bonchev–Trinajstić information content (AvgIpc) is 3.24. The molecule has 1 aliphatic carbocycles. The summed E-state index contributed by atoms with van der Waals surface area (Å²) in [6, 6.07) is 4.53. The molecule has 8 heteroatoms. The highest BCUT2D eigenvalue weighted by Crippen LogP contribution is 2.39. The van der Waals surface area contributed by atoms with Crippen molar-refractivity contribution >= 4 is 11.6 Å². The van der Waals surface area contributed by atoms with Crippen LogP contribution in [0.25, 0.3) is 5.69 Å². The van der Waals surface area contributed by atoms with E-state index in [1.807, 2.05) is 6.92 Å². The maximum absolute atomic E-state index is 14.1. The molecule has 0 saturated heterocycles. The SMILES string of the molecule is CCNC(=O)CNc1ccc(F)c(-n2nnnc2C2CC2)c1. The summed E-state index contributed by atoms with van der Waals surface area (Å²) in [5.74, 6) is 0.466. The van der Waals surface area contributed by atoms with Gasteiger partial charge in [-0.3, -0.25) is 4.79 Å². The third kappa shape index (κ3) is 3.05. The molecule has 1 heterocycles. The van der Waals surface area contributed by atoms with Gasteiger partial charge in [-0.2, -0.15) is 4.68 Å². The highest BCUT2D eigenvalue weighted by Gasteiger charge is 2.30. The molecule has 1 aliphatic rings. The molecule has 1 aromatic carbocycles. The first-order valence-corrected chi connectivity index (χ1v) is 7.27. The van der Waals surface area contributed by atoms with E-state index < -0.39 is 5.82 Å². The van der Waals surface area contributed by atoms with E-state index in [1.165, 1.54) is 10.7 Å². The molecule has 0 unspecified atom stereocenters. The predicted molar refractivity (Wildman–Crippen MR) is 78.3 cm³/mol. The molecule has 1 fully saturated rings. The van der Waals surface area contributed by atoms with Gasteiger partial charge in [0.1, 0.15) is 11.5 Å². The number of rotatable bonds is 6. The van der Waals surface area contributed by atoms with Crippen LogP contribution in [0.2, 0.25) is 0 Å². The lowest BCUT2D eigenvalue weighted by Crippen LogP contribution is -2.29. The standard InChI is InChI=1S/C14H17FN6O/c1-2-16-13(22)8-17-10-5-6-11(15)12(7-10)21-14(9-3-4-9)18-19-20-21/h5-7,9,17H,2-4,8H2,1H3,(H,16,22). The maximum atomic E-state index is 14.1. The number of nitrogens with one attached hydrogen (secondary N) is 2. The molecule has 0 aliphatic heterocycles. The zero-order chi connectivity index (χ0) is 15.5. The lowest BCUT2D eigenvalue weighted by molar-refractivity contribution is -0.119. The number of likely N-dealkylation sites (N-methyl/N-ethyl adjacent to an activating group) is 1. The van der Waals surface area contributed by atoms with E-state index in [0.717, 1.165) is 12.8 Å². The summed E-state index contributed by atoms with van der Waals surface area (Å²) in [5, 5.41) is 17.1. The molecule has 116 valence electrons. The van der Waals surface area contributed by atoms with Gasteiger partial charge in [0.2, 0.25) is 5.91 Å². The predicted octanol–water partition coefficient (Wildman–Crippen LogP) is 1.23. The first kappa shape index (κ1) is 14.4. The molecule has 0 spiro atoms. The normalized spacial score (nSPS) is 13.9. The second-order valence-corrected chi connectivity index (χ2v) is 5.20. The number of tetrazole rings is 1. The number of halogens is 1. The van der Waals surface area contributed by atoms with E-state index in [-0.39, 0.29) is 18.1 Å². The highest BCUT2D eigenvalue weighted by molar-refractivity contribution is 5.80. The largest absolute Gasteiger partial charge is 0.376 e. The minimum Gasteiger partial charge on any atom is -0.376 e. The fourth-order valence-corrected chi connectivity index (χ4v) is 2.19. The molecule has 2 N–H and O–H groups in total. The van der Waals surface area contributed by atoms with Gasteiger partial charge in [-0.15, -0.1) is 5.10 Å². The number of carbonyl (C=O) groups is 1. The topological polar surface area (TPSA) is 84.7 Å². The minimum absolute atomic E-state index is 0.116. The molecule has 1 saturated carbocycles. The van der Waals surface area contributed by atoms with Crippen molar-refractivity contribution in [3.8, 4) is 5.69 Å². The van der Waals surface area contributed by atoms with Crippen LogP contribution in [0.4, 0.5) is 10.1 Å². The van der Waals surface area contributed by atoms with E-state index in [2.05, 4.69) is 26.2 Å². The van der Waals surface area contributed by atoms with Crippen molar-refractivity contribution in [2.45, 2.75) is 25.7 Å². The summed E-state index contributed by atoms with van der Waals surface area (Å²) in [5.41, 5.74) is 0.924. The van der Waals surface area contributed by atoms with Gasteiger partial charge in [0.25, 0.3) is 0 Å². The zero-order valence-electron chi connectivity index (χ0n) is 12.2. The van der Waals surface area contributed by atoms with Crippen LogP contribution >= 0.6 is 0 Å². The van der Waals surface area contributed by atoms with Crippen LogP contribution in [0.5, 0.6) is 0 Å². The van der Waals surface area contributed by atoms with Crippen LogP contribution in [0.1, 0.15) is 31.5 Å². The molecule has 7 nitrogen and oxygen atoms in total. The summed E-state index contributed by atoms with van der Waals surface area (Å²) >= 11 is 0. The van der Waals surface area contributed by atoms with Gasteiger partial charge >= 0.3 is 0 Å². The molecular formula is C14H17FN6O. The number of amides is 1. The Hall–Kier alpha value is -2.51. The number of nitrogens with zero attached hydrogens (tertiary/aromatic N) is 4. The van der Waals surface area contributed by atoms with Crippen molar-refractivity contribution in [1.82, 2.24) is 25.5 Å². The Morgan fingerprint density at radius 1 is 1.45 bits per heavy atom. The molecule has 0 bridgehead atoms. The Morgan fingerprint density at radius 2 is 2.27 bits per heavy atom. The van der Waals surface area contributed by atoms with Crippen molar-refractivity contribution in [3.05, 3.63) is 29.8 Å². The Kier molecular flexibility index (Phi) is 3.99. The molecule has 1 amide bonds. The minimum atomic E-state index is -0.405. The molecular weight excluding hydrogens is 287 g/mol. The Bertz CT molecular complexity index is 682. The third-order valence-electron chi connectivity index (χ3n) is 3.44. The molecule has 0 atom stereocenters. The van der Waals surface area contributed by atoms with E-state index in [9.17, 15) is 9.18 Å². The van der Waals surface area contributed by atoms with Crippen LogP contribution in [-0.2, 0) is 4.79 Å². The zero-order valence-corrected chi connectivity index (χ0v) is 12.2. The molecule has 0 radical (unpaired) electrons. The van der Waals surface area contributed by atoms with Crippen LogP contribution in [-0.4, -0.2) is 39.2 Å². The Balaban J connectivity index is 1.80. The second kappa shape index (κ2) is 6.08. The smallest absolute Gasteiger partial charge is 0.239 e. The van der Waals surface area contributed by atoms with Gasteiger partial charge in [0, 0.05) is 18.2 Å². The summed E-state index contributed by atoms with van der Waals surface area (Å²) in [4.78, 5) is 11.5. The fraction of sp³-hybridized carbons (Fsp3) is 0.429. The summed E-state index contributed by atoms with van der Waals surface area (Å²) in [7, 11) is 0. The average molecular weight is 304 g/mol. The van der Waals surface area contributed by atoms with Gasteiger partial charge in [-0.25, -0.2) is 4.39 Å². The number of anilines is 1. The molecule has 2 aromatic rings. The fourth-order valence-electron chi connectivity index (χ4n) is 2.19. The van der Waals surface area contributed by atoms with Crippen LogP contribution in [0, 0.1) is 5.82 Å². The number of aromatic nitrogens is 4.